The minimum atomic E-state index is 0.469. The summed E-state index contributed by atoms with van der Waals surface area (Å²) in [7, 11) is 0. The highest BCUT2D eigenvalue weighted by Gasteiger charge is 2.04. The lowest BCUT2D eigenvalue weighted by molar-refractivity contribution is 0.574. The van der Waals surface area contributed by atoms with E-state index in [1.807, 2.05) is 31.2 Å². The standard InChI is InChI=1S/C14H13N5O/c1-9-8-17-14(19-12(9)15)18-11-4-2-10(3-5-11)13-16-6-7-20-13/h2-8H,1H3,(H3,15,17,18,19). The van der Waals surface area contributed by atoms with Crippen molar-refractivity contribution < 1.29 is 4.42 Å². The van der Waals surface area contributed by atoms with E-state index in [0.29, 0.717) is 17.7 Å². The van der Waals surface area contributed by atoms with E-state index in [-0.39, 0.29) is 0 Å². The van der Waals surface area contributed by atoms with Crippen LogP contribution in [0.15, 0.2) is 47.3 Å². The maximum absolute atomic E-state index is 5.75. The highest BCUT2D eigenvalue weighted by atomic mass is 16.3. The SMILES string of the molecule is Cc1cnc(Nc2ccc(-c3ncco3)cc2)nc1N. The molecule has 0 fully saturated rings. The number of hydrogen-bond acceptors (Lipinski definition) is 6. The lowest BCUT2D eigenvalue weighted by Crippen LogP contribution is -2.01. The van der Waals surface area contributed by atoms with Crippen LogP contribution in [0.3, 0.4) is 0 Å². The van der Waals surface area contributed by atoms with Crippen molar-refractivity contribution in [2.75, 3.05) is 11.1 Å². The summed E-state index contributed by atoms with van der Waals surface area (Å²) < 4.78 is 5.23. The van der Waals surface area contributed by atoms with E-state index in [9.17, 15) is 0 Å². The second kappa shape index (κ2) is 5.00. The Labute approximate surface area is 115 Å². The molecule has 3 rings (SSSR count). The average molecular weight is 267 g/mol. The third kappa shape index (κ3) is 2.44. The summed E-state index contributed by atoms with van der Waals surface area (Å²) in [6.45, 7) is 1.87. The quantitative estimate of drug-likeness (QED) is 0.758. The van der Waals surface area contributed by atoms with Crippen molar-refractivity contribution >= 4 is 17.5 Å². The number of rotatable bonds is 3. The highest BCUT2D eigenvalue weighted by molar-refractivity contribution is 5.61. The fourth-order valence-electron chi connectivity index (χ4n) is 1.71. The van der Waals surface area contributed by atoms with Crippen LogP contribution in [0.4, 0.5) is 17.5 Å². The zero-order valence-electron chi connectivity index (χ0n) is 10.9. The van der Waals surface area contributed by atoms with E-state index in [4.69, 9.17) is 10.2 Å². The van der Waals surface area contributed by atoms with Crippen molar-refractivity contribution in [3.63, 3.8) is 0 Å². The minimum absolute atomic E-state index is 0.469. The molecule has 0 radical (unpaired) electrons. The van der Waals surface area contributed by atoms with Gasteiger partial charge in [0.15, 0.2) is 0 Å². The molecular formula is C14H13N5O. The molecule has 0 saturated heterocycles. The molecule has 0 aliphatic heterocycles. The Hall–Kier alpha value is -2.89. The van der Waals surface area contributed by atoms with Gasteiger partial charge in [-0.2, -0.15) is 4.98 Å². The number of aryl methyl sites for hydroxylation is 1. The number of oxazole rings is 1. The third-order valence-corrected chi connectivity index (χ3v) is 2.83. The number of aromatic nitrogens is 3. The smallest absolute Gasteiger partial charge is 0.229 e. The molecule has 6 heteroatoms. The van der Waals surface area contributed by atoms with Gasteiger partial charge in [-0.25, -0.2) is 9.97 Å². The third-order valence-electron chi connectivity index (χ3n) is 2.83. The Morgan fingerprint density at radius 1 is 1.15 bits per heavy atom. The van der Waals surface area contributed by atoms with Crippen LogP contribution in [0.2, 0.25) is 0 Å². The molecule has 0 aliphatic carbocycles. The number of nitrogens with two attached hydrogens (primary N) is 1. The molecule has 0 saturated carbocycles. The monoisotopic (exact) mass is 267 g/mol. The molecule has 3 aromatic rings. The largest absolute Gasteiger partial charge is 0.445 e. The number of nitrogens with zero attached hydrogens (tertiary/aromatic N) is 3. The second-order valence-corrected chi connectivity index (χ2v) is 4.30. The van der Waals surface area contributed by atoms with E-state index in [2.05, 4.69) is 20.3 Å². The van der Waals surface area contributed by atoms with E-state index >= 15 is 0 Å². The highest BCUT2D eigenvalue weighted by Crippen LogP contribution is 2.21. The van der Waals surface area contributed by atoms with E-state index in [1.54, 1.807) is 18.7 Å². The van der Waals surface area contributed by atoms with Gasteiger partial charge >= 0.3 is 0 Å². The van der Waals surface area contributed by atoms with Crippen molar-refractivity contribution in [3.05, 3.63) is 48.5 Å². The van der Waals surface area contributed by atoms with E-state index < -0.39 is 0 Å². The summed E-state index contributed by atoms with van der Waals surface area (Å²) in [5.74, 6) is 1.53. The molecule has 3 N–H and O–H groups in total. The van der Waals surface area contributed by atoms with Gasteiger partial charge in [0.1, 0.15) is 12.1 Å². The van der Waals surface area contributed by atoms with Gasteiger partial charge in [0.05, 0.1) is 6.20 Å². The van der Waals surface area contributed by atoms with Crippen molar-refractivity contribution in [3.8, 4) is 11.5 Å². The predicted molar refractivity (Wildman–Crippen MR) is 76.4 cm³/mol. The maximum atomic E-state index is 5.75. The summed E-state index contributed by atoms with van der Waals surface area (Å²) in [6, 6.07) is 7.62. The Balaban J connectivity index is 1.79. The van der Waals surface area contributed by atoms with Gasteiger partial charge in [0, 0.05) is 23.0 Å². The van der Waals surface area contributed by atoms with Crippen LogP contribution in [0.5, 0.6) is 0 Å². The summed E-state index contributed by atoms with van der Waals surface area (Å²) in [5, 5.41) is 3.09. The van der Waals surface area contributed by atoms with Gasteiger partial charge in [-0.3, -0.25) is 0 Å². The zero-order valence-corrected chi connectivity index (χ0v) is 10.9. The Kier molecular flexibility index (Phi) is 3.04. The maximum Gasteiger partial charge on any atom is 0.229 e. The molecule has 0 bridgehead atoms. The number of nitrogens with one attached hydrogen (secondary N) is 1. The Morgan fingerprint density at radius 3 is 2.60 bits per heavy atom. The summed E-state index contributed by atoms with van der Waals surface area (Å²) >= 11 is 0. The van der Waals surface area contributed by atoms with Crippen LogP contribution in [0.25, 0.3) is 11.5 Å². The second-order valence-electron chi connectivity index (χ2n) is 4.30. The van der Waals surface area contributed by atoms with Crippen molar-refractivity contribution in [1.29, 1.82) is 0 Å². The molecule has 100 valence electrons. The first kappa shape index (κ1) is 12.2. The minimum Gasteiger partial charge on any atom is -0.445 e. The van der Waals surface area contributed by atoms with Crippen LogP contribution in [0.1, 0.15) is 5.56 Å². The Morgan fingerprint density at radius 2 is 1.95 bits per heavy atom. The van der Waals surface area contributed by atoms with Crippen LogP contribution in [0, 0.1) is 6.92 Å². The fourth-order valence-corrected chi connectivity index (χ4v) is 1.71. The van der Waals surface area contributed by atoms with E-state index in [0.717, 1.165) is 16.8 Å². The van der Waals surface area contributed by atoms with Gasteiger partial charge in [0.25, 0.3) is 0 Å². The number of benzene rings is 1. The molecule has 2 aromatic heterocycles. The molecule has 0 amide bonds. The van der Waals surface area contributed by atoms with Gasteiger partial charge in [0.2, 0.25) is 11.8 Å². The number of anilines is 3. The Bertz CT molecular complexity index is 707. The molecule has 2 heterocycles. The molecule has 20 heavy (non-hydrogen) atoms. The first-order chi connectivity index (χ1) is 9.72. The number of nitrogen functional groups attached to an aromatic ring is 1. The molecular weight excluding hydrogens is 254 g/mol. The zero-order chi connectivity index (χ0) is 13.9. The fraction of sp³-hybridized carbons (Fsp3) is 0.0714. The lowest BCUT2D eigenvalue weighted by Gasteiger charge is -2.06. The molecule has 0 aliphatic rings. The van der Waals surface area contributed by atoms with Gasteiger partial charge in [-0.1, -0.05) is 0 Å². The molecule has 0 unspecified atom stereocenters. The van der Waals surface area contributed by atoms with Gasteiger partial charge in [-0.15, -0.1) is 0 Å². The predicted octanol–water partition coefficient (Wildman–Crippen LogP) is 2.77. The molecule has 6 nitrogen and oxygen atoms in total. The summed E-state index contributed by atoms with van der Waals surface area (Å²) in [5.41, 5.74) is 8.38. The summed E-state index contributed by atoms with van der Waals surface area (Å²) in [4.78, 5) is 12.4. The first-order valence-electron chi connectivity index (χ1n) is 6.08. The van der Waals surface area contributed by atoms with Crippen molar-refractivity contribution in [1.82, 2.24) is 15.0 Å². The van der Waals surface area contributed by atoms with Crippen molar-refractivity contribution in [2.45, 2.75) is 6.92 Å². The lowest BCUT2D eigenvalue weighted by atomic mass is 10.2. The molecule has 1 aromatic carbocycles. The molecule has 0 atom stereocenters. The summed E-state index contributed by atoms with van der Waals surface area (Å²) in [6.07, 6.45) is 4.85. The van der Waals surface area contributed by atoms with Gasteiger partial charge in [-0.05, 0) is 31.2 Å². The number of hydrogen-bond donors (Lipinski definition) is 2. The van der Waals surface area contributed by atoms with Crippen molar-refractivity contribution in [2.24, 2.45) is 0 Å². The molecule has 0 spiro atoms. The van der Waals surface area contributed by atoms with Crippen LogP contribution in [-0.4, -0.2) is 15.0 Å². The first-order valence-corrected chi connectivity index (χ1v) is 6.08. The van der Waals surface area contributed by atoms with E-state index in [1.165, 1.54) is 0 Å². The van der Waals surface area contributed by atoms with Crippen LogP contribution >= 0.6 is 0 Å². The van der Waals surface area contributed by atoms with Gasteiger partial charge < -0.3 is 15.5 Å². The average Bonchev–Trinajstić information content (AvgIpc) is 2.98. The van der Waals surface area contributed by atoms with Crippen LogP contribution < -0.4 is 11.1 Å². The topological polar surface area (TPSA) is 89.9 Å². The van der Waals surface area contributed by atoms with Crippen LogP contribution in [-0.2, 0) is 0 Å². The normalized spacial score (nSPS) is 10.4.